The summed E-state index contributed by atoms with van der Waals surface area (Å²) in [4.78, 5) is 62.3. The Morgan fingerprint density at radius 2 is 1.69 bits per heavy atom. The lowest BCUT2D eigenvalue weighted by molar-refractivity contribution is -0.134. The van der Waals surface area contributed by atoms with Crippen LogP contribution in [0.5, 0.6) is 0 Å². The average molecular weight is 855 g/mol. The fourth-order valence-corrected chi connectivity index (χ4v) is 9.80. The largest absolute Gasteiger partial charge is 0.371 e. The number of piperazine rings is 1. The molecule has 8 heterocycles. The predicted molar refractivity (Wildman–Crippen MR) is 220 cm³/mol. The molecular formula is C42H48F2N12O6. The van der Waals surface area contributed by atoms with Gasteiger partial charge in [-0.2, -0.15) is 10.2 Å². The van der Waals surface area contributed by atoms with Crippen LogP contribution in [-0.4, -0.2) is 128 Å². The minimum Gasteiger partial charge on any atom is -0.371 e. The van der Waals surface area contributed by atoms with E-state index in [4.69, 9.17) is 14.2 Å². The van der Waals surface area contributed by atoms with Crippen molar-refractivity contribution in [3.8, 4) is 0 Å². The molecule has 1 aromatic carbocycles. The summed E-state index contributed by atoms with van der Waals surface area (Å²) in [5, 5.41) is 21.3. The standard InChI is InChI=1S/C42H48F2N12O6/c43-39(44)37-32(47-42(60)30-18-45-55-13-12-33(48-40(30)55)54-20-26-8-9-27(21-54)61-26)22-56(50-37)25-6-4-24(5-7-25)19-52-14-16-53(17-15-52)23-35(58)46-31-3-1-2-28-36(51-62-38(28)31)29-10-11-34(57)49-41(29)59/h1-3,12-13,18,22,24-27,29,39H,4-11,14-17,19-21,23H2,(H,46,58)(H,47,60)(H,49,57,59)/t24?,25?,26?,27?,29-/m1/s1. The second-order valence-electron chi connectivity index (χ2n) is 17.2. The number of morpholine rings is 1. The number of nitrogens with zero attached hydrogens (tertiary/aromatic N) is 9. The van der Waals surface area contributed by atoms with Crippen molar-refractivity contribution in [1.29, 1.82) is 0 Å². The first-order chi connectivity index (χ1) is 30.1. The maximum atomic E-state index is 14.3. The van der Waals surface area contributed by atoms with Crippen LogP contribution in [0, 0.1) is 5.92 Å². The van der Waals surface area contributed by atoms with Crippen LogP contribution in [0.4, 0.5) is 26.0 Å². The number of amides is 4. The van der Waals surface area contributed by atoms with Gasteiger partial charge in [-0.25, -0.2) is 18.3 Å². The average Bonchev–Trinajstić information content (AvgIpc) is 4.07. The van der Waals surface area contributed by atoms with Gasteiger partial charge in [-0.1, -0.05) is 11.2 Å². The zero-order valence-corrected chi connectivity index (χ0v) is 34.0. The summed E-state index contributed by atoms with van der Waals surface area (Å²) >= 11 is 0. The molecule has 62 heavy (non-hydrogen) atoms. The number of fused-ring (bicyclic) bond motifs is 4. The Morgan fingerprint density at radius 1 is 0.919 bits per heavy atom. The molecule has 5 aromatic rings. The van der Waals surface area contributed by atoms with Gasteiger partial charge < -0.3 is 29.7 Å². The number of imide groups is 1. The van der Waals surface area contributed by atoms with E-state index in [2.05, 4.69) is 46.0 Å². The molecule has 20 heteroatoms. The number of alkyl halides is 2. The van der Waals surface area contributed by atoms with Crippen molar-refractivity contribution < 1.29 is 37.2 Å². The maximum Gasteiger partial charge on any atom is 0.284 e. The number of carbonyl (C=O) groups excluding carboxylic acids is 4. The Bertz CT molecular complexity index is 2490. The summed E-state index contributed by atoms with van der Waals surface area (Å²) in [6.07, 6.45) is 8.12. The van der Waals surface area contributed by atoms with Crippen LogP contribution in [0.2, 0.25) is 0 Å². The normalized spacial score (nSPS) is 24.9. The summed E-state index contributed by atoms with van der Waals surface area (Å²) < 4.78 is 43.3. The zero-order valence-electron chi connectivity index (χ0n) is 34.0. The van der Waals surface area contributed by atoms with Crippen LogP contribution in [-0.2, 0) is 19.1 Å². The number of nitrogens with one attached hydrogen (secondary N) is 3. The Hall–Kier alpha value is -5.86. The minimum absolute atomic E-state index is 0.0205. The Labute approximate surface area is 354 Å². The van der Waals surface area contributed by atoms with Crippen molar-refractivity contribution in [3.63, 3.8) is 0 Å². The zero-order chi connectivity index (χ0) is 42.5. The molecule has 2 bridgehead atoms. The van der Waals surface area contributed by atoms with Gasteiger partial charge in [0.1, 0.15) is 17.1 Å². The molecule has 5 fully saturated rings. The molecule has 4 aliphatic heterocycles. The van der Waals surface area contributed by atoms with E-state index in [9.17, 15) is 28.0 Å². The number of aromatic nitrogens is 6. The lowest BCUT2D eigenvalue weighted by atomic mass is 9.85. The van der Waals surface area contributed by atoms with Crippen LogP contribution < -0.4 is 20.9 Å². The number of anilines is 3. The molecule has 3 N–H and O–H groups in total. The first-order valence-corrected chi connectivity index (χ1v) is 21.5. The Kier molecular flexibility index (Phi) is 10.9. The van der Waals surface area contributed by atoms with Gasteiger partial charge in [0.2, 0.25) is 17.7 Å². The first-order valence-electron chi connectivity index (χ1n) is 21.5. The van der Waals surface area contributed by atoms with Crippen LogP contribution in [0.15, 0.2) is 47.4 Å². The molecule has 3 atom stereocenters. The topological polar surface area (TPSA) is 197 Å². The summed E-state index contributed by atoms with van der Waals surface area (Å²) in [5.74, 6) is -0.910. The van der Waals surface area contributed by atoms with Crippen molar-refractivity contribution in [2.24, 2.45) is 5.92 Å². The van der Waals surface area contributed by atoms with Gasteiger partial charge in [0, 0.05) is 70.0 Å². The van der Waals surface area contributed by atoms with Crippen LogP contribution in [0.25, 0.3) is 16.6 Å². The maximum absolute atomic E-state index is 14.3. The van der Waals surface area contributed by atoms with E-state index in [1.807, 2.05) is 6.07 Å². The molecule has 0 spiro atoms. The van der Waals surface area contributed by atoms with Gasteiger partial charge in [0.15, 0.2) is 16.9 Å². The third-order valence-electron chi connectivity index (χ3n) is 13.1. The van der Waals surface area contributed by atoms with Crippen molar-refractivity contribution in [2.45, 2.75) is 82.0 Å². The molecule has 5 aliphatic rings. The quantitative estimate of drug-likeness (QED) is 0.161. The summed E-state index contributed by atoms with van der Waals surface area (Å²) in [5.41, 5.74) is 1.35. The third kappa shape index (κ3) is 8.13. The van der Waals surface area contributed by atoms with Gasteiger partial charge in [-0.3, -0.25) is 34.1 Å². The summed E-state index contributed by atoms with van der Waals surface area (Å²) in [7, 11) is 0. The SMILES string of the molecule is O=C1CC[C@H](c2noc3c(NC(=O)CN4CCN(CC5CCC(n6cc(NC(=O)c7cnn8ccc(N9CC%10CCC(C9)O%10)nc78)c(C(F)F)n6)CC5)CC4)cccc23)C(=O)N1. The van der Waals surface area contributed by atoms with Gasteiger partial charge in [-0.05, 0) is 69.1 Å². The fourth-order valence-electron chi connectivity index (χ4n) is 9.80. The van der Waals surface area contributed by atoms with Crippen molar-refractivity contribution in [1.82, 2.24) is 44.7 Å². The molecule has 2 unspecified atom stereocenters. The number of rotatable bonds is 11. The number of benzene rings is 1. The molecule has 1 saturated carbocycles. The molecule has 18 nitrogen and oxygen atoms in total. The highest BCUT2D eigenvalue weighted by atomic mass is 19.3. The third-order valence-corrected chi connectivity index (χ3v) is 13.1. The monoisotopic (exact) mass is 854 g/mol. The lowest BCUT2D eigenvalue weighted by Gasteiger charge is -2.38. The number of hydrogen-bond donors (Lipinski definition) is 3. The highest BCUT2D eigenvalue weighted by molar-refractivity contribution is 6.08. The Morgan fingerprint density at radius 3 is 2.45 bits per heavy atom. The van der Waals surface area contributed by atoms with Crippen LogP contribution in [0.3, 0.4) is 0 Å². The van der Waals surface area contributed by atoms with Gasteiger partial charge in [0.25, 0.3) is 12.3 Å². The summed E-state index contributed by atoms with van der Waals surface area (Å²) in [6, 6.07) is 7.09. The second-order valence-corrected chi connectivity index (χ2v) is 17.2. The van der Waals surface area contributed by atoms with Gasteiger partial charge in [0.05, 0.1) is 48.3 Å². The Balaban J connectivity index is 0.699. The van der Waals surface area contributed by atoms with Crippen LogP contribution in [0.1, 0.15) is 91.5 Å². The molecule has 1 aliphatic carbocycles. The molecule has 4 aromatic heterocycles. The number of carbonyl (C=O) groups is 4. The van der Waals surface area contributed by atoms with E-state index in [0.717, 1.165) is 90.2 Å². The van der Waals surface area contributed by atoms with E-state index in [0.29, 0.717) is 40.3 Å². The lowest BCUT2D eigenvalue weighted by Crippen LogP contribution is -2.49. The molecule has 10 rings (SSSR count). The summed E-state index contributed by atoms with van der Waals surface area (Å²) in [6.45, 7) is 5.67. The van der Waals surface area contributed by atoms with Crippen molar-refractivity contribution >= 4 is 57.4 Å². The molecule has 0 radical (unpaired) electrons. The van der Waals surface area contributed by atoms with E-state index in [-0.39, 0.29) is 54.3 Å². The van der Waals surface area contributed by atoms with E-state index < -0.39 is 29.9 Å². The number of para-hydroxylation sites is 1. The smallest absolute Gasteiger partial charge is 0.284 e. The molecule has 4 saturated heterocycles. The van der Waals surface area contributed by atoms with E-state index in [1.165, 1.54) is 16.9 Å². The van der Waals surface area contributed by atoms with E-state index in [1.54, 1.807) is 29.1 Å². The van der Waals surface area contributed by atoms with Gasteiger partial charge in [-0.15, -0.1) is 0 Å². The highest BCUT2D eigenvalue weighted by Crippen LogP contribution is 2.37. The number of halogens is 2. The van der Waals surface area contributed by atoms with Crippen molar-refractivity contribution in [3.05, 3.63) is 59.8 Å². The first kappa shape index (κ1) is 40.2. The number of piperidine rings is 1. The minimum atomic E-state index is -2.87. The van der Waals surface area contributed by atoms with E-state index >= 15 is 0 Å². The number of ether oxygens (including phenoxy) is 1. The van der Waals surface area contributed by atoms with Gasteiger partial charge >= 0.3 is 0 Å². The highest BCUT2D eigenvalue weighted by Gasteiger charge is 2.36. The van der Waals surface area contributed by atoms with Crippen molar-refractivity contribution in [2.75, 3.05) is 67.9 Å². The molecule has 4 amide bonds. The predicted octanol–water partition coefficient (Wildman–Crippen LogP) is 4.13. The number of hydrogen-bond acceptors (Lipinski definition) is 13. The molecular weight excluding hydrogens is 807 g/mol. The van der Waals surface area contributed by atoms with Crippen LogP contribution >= 0.6 is 0 Å². The molecule has 326 valence electrons. The fraction of sp³-hybridized carbons (Fsp3) is 0.524. The second kappa shape index (κ2) is 16.8.